The van der Waals surface area contributed by atoms with Gasteiger partial charge in [-0.05, 0) is 42.3 Å². The molecule has 2 aliphatic rings. The van der Waals surface area contributed by atoms with Crippen LogP contribution < -0.4 is 9.47 Å². The molecule has 2 atom stereocenters. The lowest BCUT2D eigenvalue weighted by atomic mass is 9.86. The van der Waals surface area contributed by atoms with Crippen LogP contribution in [-0.4, -0.2) is 40.6 Å². The van der Waals surface area contributed by atoms with Crippen LogP contribution in [0.2, 0.25) is 0 Å². The topological polar surface area (TPSA) is 46.9 Å². The first-order valence-electron chi connectivity index (χ1n) is 9.52. The fourth-order valence-electron chi connectivity index (χ4n) is 4.47. The molecule has 0 amide bonds. The van der Waals surface area contributed by atoms with Gasteiger partial charge in [0.1, 0.15) is 0 Å². The molecule has 0 saturated carbocycles. The number of ether oxygens (including phenoxy) is 2. The van der Waals surface area contributed by atoms with Crippen LogP contribution in [0.4, 0.5) is 0 Å². The van der Waals surface area contributed by atoms with Gasteiger partial charge in [-0.3, -0.25) is 4.90 Å². The molecule has 5 rings (SSSR count). The van der Waals surface area contributed by atoms with Crippen LogP contribution in [0.15, 0.2) is 48.7 Å². The van der Waals surface area contributed by atoms with Crippen molar-refractivity contribution in [2.75, 3.05) is 19.9 Å². The van der Waals surface area contributed by atoms with E-state index in [4.69, 9.17) is 9.47 Å². The smallest absolute Gasteiger partial charge is 0.231 e. The van der Waals surface area contributed by atoms with E-state index in [9.17, 15) is 5.11 Å². The molecule has 5 nitrogen and oxygen atoms in total. The van der Waals surface area contributed by atoms with Gasteiger partial charge in [0.25, 0.3) is 0 Å². The summed E-state index contributed by atoms with van der Waals surface area (Å²) >= 11 is 0. The highest BCUT2D eigenvalue weighted by atomic mass is 16.7. The van der Waals surface area contributed by atoms with E-state index in [1.807, 2.05) is 12.1 Å². The number of likely N-dealkylation sites (tertiary alicyclic amines) is 1. The number of fused-ring (bicyclic) bond motifs is 2. The highest BCUT2D eigenvalue weighted by Crippen LogP contribution is 2.37. The maximum absolute atomic E-state index is 10.8. The van der Waals surface area contributed by atoms with E-state index < -0.39 is 0 Å². The second-order valence-electron chi connectivity index (χ2n) is 7.59. The molecule has 3 aromatic rings. The number of aliphatic hydroxyl groups is 1. The summed E-state index contributed by atoms with van der Waals surface area (Å²) in [7, 11) is 2.09. The van der Waals surface area contributed by atoms with Gasteiger partial charge in [0.15, 0.2) is 11.5 Å². The largest absolute Gasteiger partial charge is 0.454 e. The minimum atomic E-state index is -0.380. The summed E-state index contributed by atoms with van der Waals surface area (Å²) < 4.78 is 13.1. The van der Waals surface area contributed by atoms with Crippen LogP contribution in [0.3, 0.4) is 0 Å². The predicted octanol–water partition coefficient (Wildman–Crippen LogP) is 3.26. The van der Waals surface area contributed by atoms with Gasteiger partial charge >= 0.3 is 0 Å². The molecule has 27 heavy (non-hydrogen) atoms. The van der Waals surface area contributed by atoms with Crippen LogP contribution in [-0.2, 0) is 13.6 Å². The molecule has 1 fully saturated rings. The van der Waals surface area contributed by atoms with Crippen LogP contribution >= 0.6 is 0 Å². The van der Waals surface area contributed by atoms with Crippen LogP contribution in [0.5, 0.6) is 11.5 Å². The normalized spacial score (nSPS) is 22.4. The van der Waals surface area contributed by atoms with E-state index in [2.05, 4.69) is 53.0 Å². The minimum absolute atomic E-state index is 0.142. The summed E-state index contributed by atoms with van der Waals surface area (Å²) in [4.78, 5) is 2.36. The summed E-state index contributed by atoms with van der Waals surface area (Å²) in [5, 5.41) is 12.1. The lowest BCUT2D eigenvalue weighted by Crippen LogP contribution is -2.42. The number of nitrogens with zero attached hydrogens (tertiary/aromatic N) is 2. The molecule has 2 aromatic carbocycles. The molecule has 1 N–H and O–H groups in total. The number of hydrogen-bond donors (Lipinski definition) is 1. The summed E-state index contributed by atoms with van der Waals surface area (Å²) in [5.41, 5.74) is 3.71. The third-order valence-corrected chi connectivity index (χ3v) is 5.86. The number of β-amino-alcohol motifs (C(OH)–C–C–N with tert-alkyl or cyclic N) is 1. The first-order chi connectivity index (χ1) is 13.2. The maximum Gasteiger partial charge on any atom is 0.231 e. The van der Waals surface area contributed by atoms with E-state index in [1.54, 1.807) is 0 Å². The summed E-state index contributed by atoms with van der Waals surface area (Å²) in [6.45, 7) is 2.80. The van der Waals surface area contributed by atoms with Crippen LogP contribution in [0.25, 0.3) is 10.9 Å². The molecule has 1 saturated heterocycles. The second kappa shape index (κ2) is 6.59. The Balaban J connectivity index is 1.31. The van der Waals surface area contributed by atoms with Gasteiger partial charge in [-0.1, -0.05) is 24.3 Å². The molecule has 0 spiro atoms. The zero-order chi connectivity index (χ0) is 18.4. The van der Waals surface area contributed by atoms with Gasteiger partial charge in [0, 0.05) is 43.2 Å². The van der Waals surface area contributed by atoms with Crippen molar-refractivity contribution in [3.05, 3.63) is 59.8 Å². The van der Waals surface area contributed by atoms with Crippen molar-refractivity contribution in [3.8, 4) is 11.5 Å². The number of rotatable bonds is 3. The van der Waals surface area contributed by atoms with Crippen molar-refractivity contribution < 1.29 is 14.6 Å². The monoisotopic (exact) mass is 364 g/mol. The van der Waals surface area contributed by atoms with Crippen LogP contribution in [0, 0.1) is 0 Å². The third kappa shape index (κ3) is 2.97. The van der Waals surface area contributed by atoms with E-state index in [0.29, 0.717) is 6.54 Å². The number of para-hydroxylation sites is 1. The van der Waals surface area contributed by atoms with Gasteiger partial charge in [0.2, 0.25) is 6.79 Å². The van der Waals surface area contributed by atoms with Gasteiger partial charge in [-0.25, -0.2) is 0 Å². The van der Waals surface area contributed by atoms with Crippen molar-refractivity contribution in [2.24, 2.45) is 7.05 Å². The number of aromatic nitrogens is 1. The predicted molar refractivity (Wildman–Crippen MR) is 104 cm³/mol. The molecular formula is C22H24N2O3. The number of hydrogen-bond acceptors (Lipinski definition) is 4. The molecule has 0 radical (unpaired) electrons. The zero-order valence-corrected chi connectivity index (χ0v) is 15.5. The van der Waals surface area contributed by atoms with Crippen LogP contribution in [0.1, 0.15) is 23.5 Å². The van der Waals surface area contributed by atoms with Crippen molar-refractivity contribution in [3.63, 3.8) is 0 Å². The highest BCUT2D eigenvalue weighted by molar-refractivity contribution is 5.83. The molecule has 0 aliphatic carbocycles. The Kier molecular flexibility index (Phi) is 4.06. The minimum Gasteiger partial charge on any atom is -0.454 e. The first-order valence-corrected chi connectivity index (χ1v) is 9.52. The Labute approximate surface area is 158 Å². The van der Waals surface area contributed by atoms with Crippen molar-refractivity contribution in [1.82, 2.24) is 9.47 Å². The lowest BCUT2D eigenvalue weighted by molar-refractivity contribution is 0.0478. The molecule has 0 unspecified atom stereocenters. The van der Waals surface area contributed by atoms with Gasteiger partial charge in [-0.2, -0.15) is 0 Å². The zero-order valence-electron chi connectivity index (χ0n) is 15.5. The maximum atomic E-state index is 10.8. The Bertz CT molecular complexity index is 981. The summed E-state index contributed by atoms with van der Waals surface area (Å²) in [6, 6.07) is 14.5. The van der Waals surface area contributed by atoms with E-state index >= 15 is 0 Å². The number of benzene rings is 2. The molecular weight excluding hydrogens is 340 g/mol. The Morgan fingerprint density at radius 2 is 1.96 bits per heavy atom. The average Bonchev–Trinajstić information content (AvgIpc) is 3.26. The highest BCUT2D eigenvalue weighted by Gasteiger charge is 2.30. The average molecular weight is 364 g/mol. The number of aliphatic hydroxyl groups excluding tert-OH is 1. The SMILES string of the molecule is Cn1cc(CN2CC[C@@H](c3ccc4c(c3)OCO4)[C@H](O)C2)c2ccccc21. The van der Waals surface area contributed by atoms with Crippen molar-refractivity contribution in [1.29, 1.82) is 0 Å². The Hall–Kier alpha value is -2.50. The fourth-order valence-corrected chi connectivity index (χ4v) is 4.47. The molecule has 140 valence electrons. The quantitative estimate of drug-likeness (QED) is 0.775. The standard InChI is InChI=1S/C22H24N2O3/c1-23-11-16(17-4-2-3-5-19(17)23)12-24-9-8-18(20(25)13-24)15-6-7-21-22(10-15)27-14-26-21/h2-7,10-11,18,20,25H,8-9,12-14H2,1H3/t18-,20+/m0/s1. The summed E-state index contributed by atoms with van der Waals surface area (Å²) in [6.07, 6.45) is 2.76. The van der Waals surface area contributed by atoms with E-state index in [-0.39, 0.29) is 18.8 Å². The van der Waals surface area contributed by atoms with Crippen molar-refractivity contribution >= 4 is 10.9 Å². The second-order valence-corrected chi connectivity index (χ2v) is 7.59. The van der Waals surface area contributed by atoms with Gasteiger partial charge in [-0.15, -0.1) is 0 Å². The number of aryl methyl sites for hydroxylation is 1. The van der Waals surface area contributed by atoms with Crippen molar-refractivity contribution in [2.45, 2.75) is 25.0 Å². The molecule has 0 bridgehead atoms. The third-order valence-electron chi connectivity index (χ3n) is 5.86. The van der Waals surface area contributed by atoms with Gasteiger partial charge in [0.05, 0.1) is 6.10 Å². The Morgan fingerprint density at radius 1 is 1.11 bits per heavy atom. The summed E-state index contributed by atoms with van der Waals surface area (Å²) in [5.74, 6) is 1.72. The lowest BCUT2D eigenvalue weighted by Gasteiger charge is -2.36. The van der Waals surface area contributed by atoms with E-state index in [1.165, 1.54) is 16.5 Å². The van der Waals surface area contributed by atoms with Gasteiger partial charge < -0.3 is 19.1 Å². The molecule has 2 aliphatic heterocycles. The Morgan fingerprint density at radius 3 is 2.85 bits per heavy atom. The first kappa shape index (κ1) is 16.7. The molecule has 1 aromatic heterocycles. The van der Waals surface area contributed by atoms with E-state index in [0.717, 1.165) is 36.6 Å². The number of piperidine rings is 1. The molecule has 3 heterocycles. The fraction of sp³-hybridized carbons (Fsp3) is 0.364. The molecule has 5 heteroatoms.